The summed E-state index contributed by atoms with van der Waals surface area (Å²) in [5, 5.41) is 0.876. The number of piperazine rings is 1. The predicted molar refractivity (Wildman–Crippen MR) is 110 cm³/mol. The maximum absolute atomic E-state index is 12.6. The number of aromatic amines is 1. The Labute approximate surface area is 168 Å². The Balaban J connectivity index is 1.50. The van der Waals surface area contributed by atoms with Gasteiger partial charge in [0.2, 0.25) is 11.4 Å². The number of hydrogen-bond acceptors (Lipinski definition) is 6. The summed E-state index contributed by atoms with van der Waals surface area (Å²) in [5.74, 6) is 0.463. The Morgan fingerprint density at radius 2 is 1.90 bits per heavy atom. The van der Waals surface area contributed by atoms with E-state index in [4.69, 9.17) is 4.74 Å². The lowest BCUT2D eigenvalue weighted by Gasteiger charge is -2.36. The molecule has 1 saturated heterocycles. The van der Waals surface area contributed by atoms with Crippen LogP contribution in [0.25, 0.3) is 10.9 Å². The maximum atomic E-state index is 12.6. The van der Waals surface area contributed by atoms with Gasteiger partial charge in [0.1, 0.15) is 6.33 Å². The molecular formula is C21H23N5O3. The lowest BCUT2D eigenvalue weighted by atomic mass is 10.1. The van der Waals surface area contributed by atoms with Crippen molar-refractivity contribution in [3.8, 4) is 5.88 Å². The van der Waals surface area contributed by atoms with Crippen LogP contribution in [0.5, 0.6) is 5.88 Å². The second-order valence-corrected chi connectivity index (χ2v) is 7.27. The first-order chi connectivity index (χ1) is 14.0. The van der Waals surface area contributed by atoms with E-state index in [1.54, 1.807) is 11.0 Å². The molecule has 0 aliphatic carbocycles. The van der Waals surface area contributed by atoms with Gasteiger partial charge in [-0.15, -0.1) is 0 Å². The van der Waals surface area contributed by atoms with Crippen molar-refractivity contribution in [1.82, 2.24) is 19.9 Å². The number of nitrogens with one attached hydrogen (secondary N) is 1. The molecule has 1 amide bonds. The number of anilines is 1. The van der Waals surface area contributed by atoms with E-state index in [2.05, 4.69) is 19.9 Å². The maximum Gasteiger partial charge on any atom is 0.254 e. The highest BCUT2D eigenvalue weighted by atomic mass is 16.5. The number of nitrogens with zero attached hydrogens (tertiary/aromatic N) is 4. The molecule has 4 rings (SSSR count). The molecule has 1 N–H and O–H groups in total. The van der Waals surface area contributed by atoms with Gasteiger partial charge in [-0.05, 0) is 38.1 Å². The Hall–Kier alpha value is -3.42. The molecule has 0 spiro atoms. The second kappa shape index (κ2) is 7.90. The average molecular weight is 393 g/mol. The lowest BCUT2D eigenvalue weighted by Crippen LogP contribution is -2.48. The molecule has 3 heterocycles. The van der Waals surface area contributed by atoms with Crippen molar-refractivity contribution < 1.29 is 9.53 Å². The van der Waals surface area contributed by atoms with E-state index in [1.165, 1.54) is 18.6 Å². The van der Waals surface area contributed by atoms with Gasteiger partial charge in [-0.2, -0.15) is 0 Å². The fourth-order valence-corrected chi connectivity index (χ4v) is 3.46. The van der Waals surface area contributed by atoms with Gasteiger partial charge in [0.15, 0.2) is 0 Å². The van der Waals surface area contributed by atoms with Crippen LogP contribution in [0, 0.1) is 0 Å². The molecule has 0 saturated carbocycles. The molecule has 3 aromatic rings. The minimum absolute atomic E-state index is 0.0246. The van der Waals surface area contributed by atoms with Gasteiger partial charge in [0.05, 0.1) is 17.0 Å². The van der Waals surface area contributed by atoms with Gasteiger partial charge < -0.3 is 19.5 Å². The zero-order valence-corrected chi connectivity index (χ0v) is 16.5. The first-order valence-electron chi connectivity index (χ1n) is 9.65. The van der Waals surface area contributed by atoms with Gasteiger partial charge in [-0.1, -0.05) is 0 Å². The standard InChI is InChI=1S/C21H23N5O3/c1-14(2)29-20-17-12-16(3-4-18(17)23-13-24-20)25-7-9-26(10-8-25)21(28)15-5-6-22-19(27)11-15/h3-6,11-14H,7-10H2,1-2H3,(H,22,27). The average Bonchev–Trinajstić information content (AvgIpc) is 2.73. The number of benzene rings is 1. The third-order valence-electron chi connectivity index (χ3n) is 4.88. The van der Waals surface area contributed by atoms with Crippen LogP contribution >= 0.6 is 0 Å². The van der Waals surface area contributed by atoms with E-state index in [9.17, 15) is 9.59 Å². The summed E-state index contributed by atoms with van der Waals surface area (Å²) >= 11 is 0. The van der Waals surface area contributed by atoms with E-state index in [0.717, 1.165) is 16.6 Å². The molecule has 0 bridgehead atoms. The molecule has 29 heavy (non-hydrogen) atoms. The molecule has 0 radical (unpaired) electrons. The number of rotatable bonds is 4. The Morgan fingerprint density at radius 1 is 1.10 bits per heavy atom. The van der Waals surface area contributed by atoms with E-state index in [1.807, 2.05) is 32.0 Å². The summed E-state index contributed by atoms with van der Waals surface area (Å²) in [6.07, 6.45) is 3.04. The summed E-state index contributed by atoms with van der Waals surface area (Å²) in [7, 11) is 0. The smallest absolute Gasteiger partial charge is 0.254 e. The number of ether oxygens (including phenoxy) is 1. The van der Waals surface area contributed by atoms with Crippen LogP contribution in [-0.4, -0.2) is 58.0 Å². The Bertz CT molecular complexity index is 1090. The third kappa shape index (κ3) is 4.06. The molecule has 2 aromatic heterocycles. The monoisotopic (exact) mass is 393 g/mol. The molecule has 1 aliphatic heterocycles. The quantitative estimate of drug-likeness (QED) is 0.730. The zero-order chi connectivity index (χ0) is 20.4. The van der Waals surface area contributed by atoms with E-state index in [0.29, 0.717) is 37.6 Å². The fraction of sp³-hybridized carbons (Fsp3) is 0.333. The summed E-state index contributed by atoms with van der Waals surface area (Å²) in [4.78, 5) is 39.2. The molecule has 1 aliphatic rings. The van der Waals surface area contributed by atoms with Crippen LogP contribution in [-0.2, 0) is 0 Å². The molecule has 150 valence electrons. The van der Waals surface area contributed by atoms with Gasteiger partial charge >= 0.3 is 0 Å². The highest BCUT2D eigenvalue weighted by molar-refractivity contribution is 5.94. The van der Waals surface area contributed by atoms with Crippen LogP contribution in [0.4, 0.5) is 5.69 Å². The van der Waals surface area contributed by atoms with Crippen molar-refractivity contribution in [2.24, 2.45) is 0 Å². The van der Waals surface area contributed by atoms with Crippen molar-refractivity contribution in [3.63, 3.8) is 0 Å². The number of carbonyl (C=O) groups is 1. The summed E-state index contributed by atoms with van der Waals surface area (Å²) in [6.45, 7) is 6.51. The number of hydrogen-bond donors (Lipinski definition) is 1. The number of carbonyl (C=O) groups excluding carboxylic acids is 1. The first kappa shape index (κ1) is 18.9. The van der Waals surface area contributed by atoms with Crippen LogP contribution in [0.2, 0.25) is 0 Å². The first-order valence-corrected chi connectivity index (χ1v) is 9.65. The summed E-state index contributed by atoms with van der Waals surface area (Å²) in [5.41, 5.74) is 2.03. The molecule has 8 nitrogen and oxygen atoms in total. The largest absolute Gasteiger partial charge is 0.474 e. The normalized spacial score (nSPS) is 14.4. The third-order valence-corrected chi connectivity index (χ3v) is 4.88. The van der Waals surface area contributed by atoms with Crippen LogP contribution in [0.15, 0.2) is 47.7 Å². The molecule has 1 fully saturated rings. The summed E-state index contributed by atoms with van der Waals surface area (Å²) in [6, 6.07) is 9.02. The number of pyridine rings is 1. The minimum Gasteiger partial charge on any atom is -0.474 e. The van der Waals surface area contributed by atoms with Crippen molar-refractivity contribution in [3.05, 3.63) is 58.8 Å². The number of aromatic nitrogens is 3. The fourth-order valence-electron chi connectivity index (χ4n) is 3.46. The van der Waals surface area contributed by atoms with Crippen LogP contribution < -0.4 is 15.2 Å². The van der Waals surface area contributed by atoms with E-state index in [-0.39, 0.29) is 17.6 Å². The van der Waals surface area contributed by atoms with Gasteiger partial charge in [-0.3, -0.25) is 9.59 Å². The summed E-state index contributed by atoms with van der Waals surface area (Å²) < 4.78 is 5.83. The molecule has 8 heteroatoms. The van der Waals surface area contributed by atoms with Crippen LogP contribution in [0.3, 0.4) is 0 Å². The van der Waals surface area contributed by atoms with Gasteiger partial charge in [0.25, 0.3) is 5.91 Å². The predicted octanol–water partition coefficient (Wildman–Crippen LogP) is 2.07. The van der Waals surface area contributed by atoms with Crippen LogP contribution in [0.1, 0.15) is 24.2 Å². The molecule has 0 unspecified atom stereocenters. The Kier molecular flexibility index (Phi) is 5.16. The van der Waals surface area contributed by atoms with Crippen molar-refractivity contribution in [2.75, 3.05) is 31.1 Å². The highest BCUT2D eigenvalue weighted by Crippen LogP contribution is 2.28. The van der Waals surface area contributed by atoms with Crippen molar-refractivity contribution in [2.45, 2.75) is 20.0 Å². The minimum atomic E-state index is -0.271. The lowest BCUT2D eigenvalue weighted by molar-refractivity contribution is 0.0746. The topological polar surface area (TPSA) is 91.4 Å². The second-order valence-electron chi connectivity index (χ2n) is 7.27. The number of fused-ring (bicyclic) bond motifs is 1. The van der Waals surface area contributed by atoms with E-state index < -0.39 is 0 Å². The Morgan fingerprint density at radius 3 is 2.62 bits per heavy atom. The zero-order valence-electron chi connectivity index (χ0n) is 16.5. The number of amides is 1. The SMILES string of the molecule is CC(C)Oc1ncnc2ccc(N3CCN(C(=O)c4cc[nH]c(=O)c4)CC3)cc12. The molecular weight excluding hydrogens is 370 g/mol. The molecule has 0 atom stereocenters. The number of H-pyrrole nitrogens is 1. The van der Waals surface area contributed by atoms with Gasteiger partial charge in [0, 0.05) is 49.7 Å². The molecule has 1 aromatic carbocycles. The highest BCUT2D eigenvalue weighted by Gasteiger charge is 2.23. The van der Waals surface area contributed by atoms with Crippen molar-refractivity contribution >= 4 is 22.5 Å². The van der Waals surface area contributed by atoms with Crippen molar-refractivity contribution in [1.29, 1.82) is 0 Å². The van der Waals surface area contributed by atoms with Gasteiger partial charge in [-0.25, -0.2) is 9.97 Å². The van der Waals surface area contributed by atoms with E-state index >= 15 is 0 Å².